The van der Waals surface area contributed by atoms with Crippen molar-refractivity contribution < 1.29 is 4.74 Å². The van der Waals surface area contributed by atoms with Crippen molar-refractivity contribution >= 4 is 11.8 Å². The zero-order chi connectivity index (χ0) is 14.4. The van der Waals surface area contributed by atoms with E-state index in [0.717, 1.165) is 6.54 Å². The molecule has 1 aromatic rings. The Bertz CT molecular complexity index is 408. The smallest absolute Gasteiger partial charge is 0.0582 e. The molecule has 0 aliphatic heterocycles. The molecule has 0 aromatic heterocycles. The summed E-state index contributed by atoms with van der Waals surface area (Å²) in [6.45, 7) is 5.33. The Hall–Kier alpha value is -0.510. The molecule has 0 radical (unpaired) electrons. The van der Waals surface area contributed by atoms with E-state index < -0.39 is 0 Å². The van der Waals surface area contributed by atoms with Crippen LogP contribution in [0.15, 0.2) is 29.2 Å². The van der Waals surface area contributed by atoms with Gasteiger partial charge in [-0.15, -0.1) is 11.8 Å². The highest BCUT2D eigenvalue weighted by Gasteiger charge is 2.22. The first-order chi connectivity index (χ1) is 9.67. The first kappa shape index (κ1) is 15.9. The van der Waals surface area contributed by atoms with Gasteiger partial charge in [-0.1, -0.05) is 26.0 Å². The van der Waals surface area contributed by atoms with E-state index in [-0.39, 0.29) is 0 Å². The van der Waals surface area contributed by atoms with E-state index in [1.54, 1.807) is 0 Å². The van der Waals surface area contributed by atoms with Crippen LogP contribution in [0, 0.1) is 0 Å². The van der Waals surface area contributed by atoms with Crippen LogP contribution in [-0.2, 0) is 11.3 Å². The van der Waals surface area contributed by atoms with Crippen LogP contribution in [0.25, 0.3) is 0 Å². The first-order valence-electron chi connectivity index (χ1n) is 7.69. The second kappa shape index (κ2) is 8.06. The zero-order valence-corrected chi connectivity index (χ0v) is 13.7. The van der Waals surface area contributed by atoms with Gasteiger partial charge in [0.2, 0.25) is 0 Å². The predicted octanol–water partition coefficient (Wildman–Crippen LogP) is 4.23. The van der Waals surface area contributed by atoms with Crippen molar-refractivity contribution in [2.75, 3.05) is 7.11 Å². The number of thioether (sulfide) groups is 1. The van der Waals surface area contributed by atoms with E-state index >= 15 is 0 Å². The molecule has 1 saturated carbocycles. The number of ether oxygens (including phenoxy) is 1. The number of methoxy groups -OCH3 is 1. The molecule has 2 atom stereocenters. The van der Waals surface area contributed by atoms with E-state index in [2.05, 4.69) is 43.4 Å². The average molecular weight is 293 g/mol. The van der Waals surface area contributed by atoms with E-state index in [1.165, 1.54) is 36.1 Å². The highest BCUT2D eigenvalue weighted by molar-refractivity contribution is 8.00. The van der Waals surface area contributed by atoms with Crippen LogP contribution in [0.4, 0.5) is 0 Å². The highest BCUT2D eigenvalue weighted by Crippen LogP contribution is 2.34. The van der Waals surface area contributed by atoms with Gasteiger partial charge in [0, 0.05) is 29.8 Å². The van der Waals surface area contributed by atoms with Gasteiger partial charge in [0.25, 0.3) is 0 Å². The second-order valence-electron chi connectivity index (χ2n) is 5.95. The van der Waals surface area contributed by atoms with Crippen LogP contribution in [0.3, 0.4) is 0 Å². The Balaban J connectivity index is 1.90. The summed E-state index contributed by atoms with van der Waals surface area (Å²) in [6.07, 6.45) is 5.50. The minimum Gasteiger partial charge on any atom is -0.381 e. The van der Waals surface area contributed by atoms with Crippen molar-refractivity contribution in [2.45, 2.75) is 68.4 Å². The van der Waals surface area contributed by atoms with Crippen molar-refractivity contribution in [1.29, 1.82) is 0 Å². The van der Waals surface area contributed by atoms with E-state index in [4.69, 9.17) is 4.74 Å². The lowest BCUT2D eigenvalue weighted by molar-refractivity contribution is 0.0730. The summed E-state index contributed by atoms with van der Waals surface area (Å²) in [5, 5.41) is 4.19. The molecule has 3 heteroatoms. The van der Waals surface area contributed by atoms with Gasteiger partial charge in [-0.25, -0.2) is 0 Å². The number of hydrogen-bond acceptors (Lipinski definition) is 3. The second-order valence-corrected chi connectivity index (χ2v) is 7.32. The molecule has 1 aliphatic rings. The molecule has 2 rings (SSSR count). The normalized spacial score (nSPS) is 23.2. The van der Waals surface area contributed by atoms with E-state index in [9.17, 15) is 0 Å². The lowest BCUT2D eigenvalue weighted by Gasteiger charge is -2.27. The maximum atomic E-state index is 5.52. The van der Waals surface area contributed by atoms with Gasteiger partial charge < -0.3 is 10.1 Å². The van der Waals surface area contributed by atoms with Crippen LogP contribution in [0.1, 0.15) is 45.1 Å². The fourth-order valence-electron chi connectivity index (χ4n) is 2.67. The third kappa shape index (κ3) is 5.12. The van der Waals surface area contributed by atoms with Gasteiger partial charge in [-0.05, 0) is 43.4 Å². The molecular weight excluding hydrogens is 266 g/mol. The Morgan fingerprint density at radius 1 is 1.35 bits per heavy atom. The third-order valence-electron chi connectivity index (χ3n) is 3.83. The molecule has 20 heavy (non-hydrogen) atoms. The average Bonchev–Trinajstić information content (AvgIpc) is 2.46. The number of hydrogen-bond donors (Lipinski definition) is 1. The minimum atomic E-state index is 0.465. The number of nitrogens with one attached hydrogen (secondary N) is 1. The third-order valence-corrected chi connectivity index (χ3v) is 5.11. The highest BCUT2D eigenvalue weighted by atomic mass is 32.2. The predicted molar refractivity (Wildman–Crippen MR) is 87.3 cm³/mol. The van der Waals surface area contributed by atoms with Gasteiger partial charge in [0.15, 0.2) is 0 Å². The molecule has 0 amide bonds. The Morgan fingerprint density at radius 2 is 2.20 bits per heavy atom. The molecular formula is C17H27NOS. The SMILES string of the molecule is COC1CCCC(Sc2cccc(CNC(C)C)c2)C1. The molecule has 1 aromatic carbocycles. The topological polar surface area (TPSA) is 21.3 Å². The zero-order valence-electron chi connectivity index (χ0n) is 12.9. The minimum absolute atomic E-state index is 0.465. The standard InChI is InChI=1S/C17H27NOS/c1-13(2)18-12-14-6-4-8-16(10-14)20-17-9-5-7-15(11-17)19-3/h4,6,8,10,13,15,17-18H,5,7,9,11-12H2,1-3H3. The summed E-state index contributed by atoms with van der Waals surface area (Å²) in [4.78, 5) is 1.40. The Morgan fingerprint density at radius 3 is 2.95 bits per heavy atom. The molecule has 0 bridgehead atoms. The summed E-state index contributed by atoms with van der Waals surface area (Å²) < 4.78 is 5.52. The number of rotatable bonds is 6. The molecule has 2 unspecified atom stereocenters. The summed E-state index contributed by atoms with van der Waals surface area (Å²) in [7, 11) is 1.84. The molecule has 1 aliphatic carbocycles. The van der Waals surface area contributed by atoms with Crippen molar-refractivity contribution in [1.82, 2.24) is 5.32 Å². The fraction of sp³-hybridized carbons (Fsp3) is 0.647. The summed E-state index contributed by atoms with van der Waals surface area (Å²) >= 11 is 2.02. The molecule has 2 nitrogen and oxygen atoms in total. The van der Waals surface area contributed by atoms with Crippen LogP contribution >= 0.6 is 11.8 Å². The number of benzene rings is 1. The monoisotopic (exact) mass is 293 g/mol. The Kier molecular flexibility index (Phi) is 6.40. The fourth-order valence-corrected chi connectivity index (χ4v) is 4.02. The lowest BCUT2D eigenvalue weighted by Crippen LogP contribution is -2.23. The van der Waals surface area contributed by atoms with Gasteiger partial charge in [-0.3, -0.25) is 0 Å². The maximum absolute atomic E-state index is 5.52. The van der Waals surface area contributed by atoms with Crippen molar-refractivity contribution in [3.63, 3.8) is 0 Å². The van der Waals surface area contributed by atoms with E-state index in [1.807, 2.05) is 18.9 Å². The van der Waals surface area contributed by atoms with E-state index in [0.29, 0.717) is 17.4 Å². The van der Waals surface area contributed by atoms with Gasteiger partial charge in [0.05, 0.1) is 6.10 Å². The summed E-state index contributed by atoms with van der Waals surface area (Å²) in [5.41, 5.74) is 1.38. The van der Waals surface area contributed by atoms with Crippen LogP contribution in [-0.4, -0.2) is 24.5 Å². The largest absolute Gasteiger partial charge is 0.381 e. The van der Waals surface area contributed by atoms with Crippen molar-refractivity contribution in [3.8, 4) is 0 Å². The summed E-state index contributed by atoms with van der Waals surface area (Å²) in [5.74, 6) is 0. The molecule has 0 saturated heterocycles. The van der Waals surface area contributed by atoms with Crippen molar-refractivity contribution in [2.24, 2.45) is 0 Å². The van der Waals surface area contributed by atoms with Crippen LogP contribution in [0.5, 0.6) is 0 Å². The Labute approximate surface area is 127 Å². The van der Waals surface area contributed by atoms with Gasteiger partial charge in [0.1, 0.15) is 0 Å². The lowest BCUT2D eigenvalue weighted by atomic mass is 9.97. The molecule has 1 fully saturated rings. The molecule has 0 spiro atoms. The van der Waals surface area contributed by atoms with Crippen LogP contribution < -0.4 is 5.32 Å². The van der Waals surface area contributed by atoms with Crippen LogP contribution in [0.2, 0.25) is 0 Å². The van der Waals surface area contributed by atoms with Gasteiger partial charge >= 0.3 is 0 Å². The van der Waals surface area contributed by atoms with Crippen molar-refractivity contribution in [3.05, 3.63) is 29.8 Å². The quantitative estimate of drug-likeness (QED) is 0.848. The first-order valence-corrected chi connectivity index (χ1v) is 8.57. The molecule has 112 valence electrons. The molecule has 0 heterocycles. The summed E-state index contributed by atoms with van der Waals surface area (Å²) in [6, 6.07) is 9.48. The molecule has 1 N–H and O–H groups in total. The van der Waals surface area contributed by atoms with Gasteiger partial charge in [-0.2, -0.15) is 0 Å². The maximum Gasteiger partial charge on any atom is 0.0582 e.